The third-order valence-electron chi connectivity index (χ3n) is 2.42. The molecule has 0 fully saturated rings. The summed E-state index contributed by atoms with van der Waals surface area (Å²) in [6, 6.07) is 7.93. The Balaban J connectivity index is 2.26. The highest BCUT2D eigenvalue weighted by atomic mass is 35.5. The van der Waals surface area contributed by atoms with Crippen molar-refractivity contribution in [2.75, 3.05) is 10.9 Å². The van der Waals surface area contributed by atoms with Gasteiger partial charge in [0.15, 0.2) is 0 Å². The molecule has 0 radical (unpaired) electrons. The van der Waals surface area contributed by atoms with Crippen LogP contribution in [0.15, 0.2) is 29.4 Å². The SMILES string of the molecule is CC1=NN(c2ccc(Cl)cc2)C(CCl)C1. The van der Waals surface area contributed by atoms with Gasteiger partial charge in [0.1, 0.15) is 0 Å². The summed E-state index contributed by atoms with van der Waals surface area (Å²) in [5, 5.41) is 7.17. The molecule has 0 aliphatic carbocycles. The van der Waals surface area contributed by atoms with Gasteiger partial charge in [0, 0.05) is 23.0 Å². The minimum absolute atomic E-state index is 0.271. The van der Waals surface area contributed by atoms with Crippen molar-refractivity contribution >= 4 is 34.6 Å². The van der Waals surface area contributed by atoms with Gasteiger partial charge in [-0.1, -0.05) is 11.6 Å². The molecule has 1 heterocycles. The van der Waals surface area contributed by atoms with E-state index in [1.54, 1.807) is 0 Å². The Morgan fingerprint density at radius 2 is 2.07 bits per heavy atom. The minimum Gasteiger partial charge on any atom is -0.261 e. The molecule has 1 aromatic rings. The lowest BCUT2D eigenvalue weighted by Gasteiger charge is -2.21. The normalized spacial score (nSPS) is 20.6. The second-order valence-electron chi connectivity index (χ2n) is 3.67. The van der Waals surface area contributed by atoms with Crippen LogP contribution in [0.1, 0.15) is 13.3 Å². The van der Waals surface area contributed by atoms with Gasteiger partial charge < -0.3 is 0 Å². The van der Waals surface area contributed by atoms with Crippen molar-refractivity contribution < 1.29 is 0 Å². The van der Waals surface area contributed by atoms with Crippen LogP contribution in [0.5, 0.6) is 0 Å². The molecule has 15 heavy (non-hydrogen) atoms. The Morgan fingerprint density at radius 1 is 1.40 bits per heavy atom. The van der Waals surface area contributed by atoms with Crippen LogP contribution < -0.4 is 5.01 Å². The molecule has 0 bridgehead atoms. The molecule has 0 saturated heterocycles. The summed E-state index contributed by atoms with van der Waals surface area (Å²) in [6.45, 7) is 2.02. The molecule has 80 valence electrons. The van der Waals surface area contributed by atoms with Crippen molar-refractivity contribution in [3.05, 3.63) is 29.3 Å². The van der Waals surface area contributed by atoms with Gasteiger partial charge in [-0.15, -0.1) is 11.6 Å². The summed E-state index contributed by atoms with van der Waals surface area (Å²) in [7, 11) is 0. The van der Waals surface area contributed by atoms with Gasteiger partial charge in [-0.2, -0.15) is 5.10 Å². The Morgan fingerprint density at radius 3 is 2.67 bits per heavy atom. The number of nitrogens with zero attached hydrogens (tertiary/aromatic N) is 2. The summed E-state index contributed by atoms with van der Waals surface area (Å²) in [5.74, 6) is 0.587. The summed E-state index contributed by atoms with van der Waals surface area (Å²) in [4.78, 5) is 0. The summed E-state index contributed by atoms with van der Waals surface area (Å²) < 4.78 is 0. The van der Waals surface area contributed by atoms with Crippen molar-refractivity contribution in [3.8, 4) is 0 Å². The van der Waals surface area contributed by atoms with Crippen LogP contribution in [0.25, 0.3) is 0 Å². The standard InChI is InChI=1S/C11H12Cl2N2/c1-8-6-11(7-12)15(14-8)10-4-2-9(13)3-5-10/h2-5,11H,6-7H2,1H3. The quantitative estimate of drug-likeness (QED) is 0.725. The Hall–Kier alpha value is -0.730. The number of halogens is 2. The lowest BCUT2D eigenvalue weighted by atomic mass is 10.2. The van der Waals surface area contributed by atoms with Crippen LogP contribution in [0.4, 0.5) is 5.69 Å². The molecular weight excluding hydrogens is 231 g/mol. The van der Waals surface area contributed by atoms with Gasteiger partial charge in [0.05, 0.1) is 11.7 Å². The number of anilines is 1. The predicted molar refractivity (Wildman–Crippen MR) is 66.2 cm³/mol. The summed E-state index contributed by atoms with van der Waals surface area (Å²) >= 11 is 11.7. The number of alkyl halides is 1. The average Bonchev–Trinajstić information content (AvgIpc) is 2.61. The highest BCUT2D eigenvalue weighted by Crippen LogP contribution is 2.26. The van der Waals surface area contributed by atoms with E-state index >= 15 is 0 Å². The van der Waals surface area contributed by atoms with Crippen molar-refractivity contribution in [1.82, 2.24) is 0 Å². The van der Waals surface area contributed by atoms with E-state index in [-0.39, 0.29) is 6.04 Å². The van der Waals surface area contributed by atoms with E-state index < -0.39 is 0 Å². The van der Waals surface area contributed by atoms with Crippen LogP contribution in [0.3, 0.4) is 0 Å². The maximum atomic E-state index is 5.91. The van der Waals surface area contributed by atoms with Crippen LogP contribution >= 0.6 is 23.2 Å². The first-order chi connectivity index (χ1) is 7.20. The second-order valence-corrected chi connectivity index (χ2v) is 4.41. The predicted octanol–water partition coefficient (Wildman–Crippen LogP) is 3.53. The molecule has 2 nitrogen and oxygen atoms in total. The molecule has 1 atom stereocenters. The molecule has 0 spiro atoms. The van der Waals surface area contributed by atoms with E-state index in [1.807, 2.05) is 36.2 Å². The molecule has 4 heteroatoms. The molecule has 0 amide bonds. The van der Waals surface area contributed by atoms with E-state index in [0.29, 0.717) is 5.88 Å². The maximum Gasteiger partial charge on any atom is 0.0713 e. The lowest BCUT2D eigenvalue weighted by molar-refractivity contribution is 0.730. The van der Waals surface area contributed by atoms with E-state index in [1.165, 1.54) is 0 Å². The van der Waals surface area contributed by atoms with E-state index in [0.717, 1.165) is 22.8 Å². The highest BCUT2D eigenvalue weighted by molar-refractivity contribution is 6.30. The topological polar surface area (TPSA) is 15.6 Å². The van der Waals surface area contributed by atoms with Crippen molar-refractivity contribution in [2.24, 2.45) is 5.10 Å². The van der Waals surface area contributed by atoms with Crippen molar-refractivity contribution in [3.63, 3.8) is 0 Å². The zero-order valence-electron chi connectivity index (χ0n) is 8.45. The van der Waals surface area contributed by atoms with Crippen LogP contribution in [0.2, 0.25) is 5.02 Å². The number of rotatable bonds is 2. The largest absolute Gasteiger partial charge is 0.261 e. The van der Waals surface area contributed by atoms with E-state index in [4.69, 9.17) is 23.2 Å². The first-order valence-corrected chi connectivity index (χ1v) is 5.77. The van der Waals surface area contributed by atoms with E-state index in [9.17, 15) is 0 Å². The van der Waals surface area contributed by atoms with Gasteiger partial charge >= 0.3 is 0 Å². The van der Waals surface area contributed by atoms with Gasteiger partial charge in [-0.05, 0) is 31.2 Å². The fourth-order valence-corrected chi connectivity index (χ4v) is 2.08. The van der Waals surface area contributed by atoms with E-state index in [2.05, 4.69) is 5.10 Å². The molecule has 1 aliphatic heterocycles. The third-order valence-corrected chi connectivity index (χ3v) is 3.03. The Bertz CT molecular complexity index is 373. The van der Waals surface area contributed by atoms with Crippen molar-refractivity contribution in [2.45, 2.75) is 19.4 Å². The first kappa shape index (κ1) is 10.8. The van der Waals surface area contributed by atoms with Gasteiger partial charge in [-0.25, -0.2) is 0 Å². The Labute approximate surface area is 99.5 Å². The molecule has 1 aromatic carbocycles. The zero-order valence-corrected chi connectivity index (χ0v) is 9.96. The first-order valence-electron chi connectivity index (χ1n) is 4.85. The molecule has 1 unspecified atom stereocenters. The minimum atomic E-state index is 0.271. The Kier molecular flexibility index (Phi) is 3.17. The smallest absolute Gasteiger partial charge is 0.0713 e. The lowest BCUT2D eigenvalue weighted by Crippen LogP contribution is -2.27. The summed E-state index contributed by atoms with van der Waals surface area (Å²) in [6.07, 6.45) is 0.937. The number of hydrogen-bond donors (Lipinski definition) is 0. The molecule has 2 rings (SSSR count). The highest BCUT2D eigenvalue weighted by Gasteiger charge is 2.24. The van der Waals surface area contributed by atoms with Crippen LogP contribution in [-0.2, 0) is 0 Å². The van der Waals surface area contributed by atoms with Gasteiger partial charge in [0.25, 0.3) is 0 Å². The van der Waals surface area contributed by atoms with Gasteiger partial charge in [0.2, 0.25) is 0 Å². The number of benzene rings is 1. The fraction of sp³-hybridized carbons (Fsp3) is 0.364. The van der Waals surface area contributed by atoms with Gasteiger partial charge in [-0.3, -0.25) is 5.01 Å². The molecular formula is C11H12Cl2N2. The zero-order chi connectivity index (χ0) is 10.8. The van der Waals surface area contributed by atoms with Crippen molar-refractivity contribution in [1.29, 1.82) is 0 Å². The monoisotopic (exact) mass is 242 g/mol. The fourth-order valence-electron chi connectivity index (χ4n) is 1.72. The molecule has 0 N–H and O–H groups in total. The maximum absolute atomic E-state index is 5.91. The molecule has 1 aliphatic rings. The second kappa shape index (κ2) is 4.42. The molecule has 0 saturated carbocycles. The number of hydrazone groups is 1. The summed E-state index contributed by atoms with van der Waals surface area (Å²) in [5.41, 5.74) is 2.16. The molecule has 0 aromatic heterocycles. The third kappa shape index (κ3) is 2.27. The van der Waals surface area contributed by atoms with Crippen LogP contribution in [-0.4, -0.2) is 17.6 Å². The average molecular weight is 243 g/mol. The van der Waals surface area contributed by atoms with Crippen LogP contribution in [0, 0.1) is 0 Å². The number of hydrogen-bond acceptors (Lipinski definition) is 2.